The molecule has 5 heteroatoms. The number of halogens is 2. The fraction of sp³-hybridized carbons (Fsp3) is 0.571. The van der Waals surface area contributed by atoms with E-state index in [9.17, 15) is 4.79 Å². The second kappa shape index (κ2) is 6.58. The largest absolute Gasteiger partial charge is 0.352 e. The molecule has 2 unspecified atom stereocenters. The van der Waals surface area contributed by atoms with Crippen LogP contribution >= 0.6 is 23.2 Å². The molecule has 1 N–H and O–H groups in total. The zero-order valence-corrected chi connectivity index (χ0v) is 12.5. The Bertz CT molecular complexity index is 445. The van der Waals surface area contributed by atoms with Crippen LogP contribution in [0.1, 0.15) is 43.0 Å². The third-order valence-corrected chi connectivity index (χ3v) is 4.23. The first kappa shape index (κ1) is 14.6. The summed E-state index contributed by atoms with van der Waals surface area (Å²) in [5.74, 6) is 1.12. The number of pyridine rings is 1. The van der Waals surface area contributed by atoms with Gasteiger partial charge in [-0.25, -0.2) is 4.98 Å². The average molecular weight is 301 g/mol. The lowest BCUT2D eigenvalue weighted by Crippen LogP contribution is -2.33. The molecule has 19 heavy (non-hydrogen) atoms. The molecule has 1 saturated carbocycles. The molecule has 3 nitrogen and oxygen atoms in total. The molecule has 2 rings (SSSR count). The molecule has 1 fully saturated rings. The van der Waals surface area contributed by atoms with E-state index in [2.05, 4.69) is 17.2 Å². The molecule has 0 spiro atoms. The minimum atomic E-state index is -0.135. The van der Waals surface area contributed by atoms with Crippen LogP contribution in [-0.2, 0) is 0 Å². The molecule has 0 aromatic carbocycles. The third kappa shape index (κ3) is 4.08. The quantitative estimate of drug-likeness (QED) is 0.859. The molecule has 0 radical (unpaired) electrons. The number of hydrogen-bond acceptors (Lipinski definition) is 2. The number of nitrogens with zero attached hydrogens (tertiary/aromatic N) is 1. The van der Waals surface area contributed by atoms with Crippen LogP contribution in [0.25, 0.3) is 0 Å². The first-order valence-electron chi connectivity index (χ1n) is 6.67. The summed E-state index contributed by atoms with van der Waals surface area (Å²) in [5.41, 5.74) is 0.466. The summed E-state index contributed by atoms with van der Waals surface area (Å²) >= 11 is 11.6. The lowest BCUT2D eigenvalue weighted by atomic mass is 9.80. The van der Waals surface area contributed by atoms with Gasteiger partial charge in [0, 0.05) is 12.1 Å². The summed E-state index contributed by atoms with van der Waals surface area (Å²) in [7, 11) is 0. The third-order valence-electron chi connectivity index (χ3n) is 3.84. The number of carbonyl (C=O) groups is 1. The van der Waals surface area contributed by atoms with E-state index in [1.165, 1.54) is 37.8 Å². The van der Waals surface area contributed by atoms with Crippen molar-refractivity contribution >= 4 is 29.1 Å². The van der Waals surface area contributed by atoms with Crippen LogP contribution < -0.4 is 5.32 Å². The van der Waals surface area contributed by atoms with Crippen molar-refractivity contribution in [1.29, 1.82) is 0 Å². The summed E-state index contributed by atoms with van der Waals surface area (Å²) in [6, 6.07) is 3.07. The highest BCUT2D eigenvalue weighted by atomic mass is 35.5. The fourth-order valence-corrected chi connectivity index (χ4v) is 3.08. The van der Waals surface area contributed by atoms with Crippen LogP contribution in [0.5, 0.6) is 0 Å². The predicted octanol–water partition coefficient (Wildman–Crippen LogP) is 3.94. The highest BCUT2D eigenvalue weighted by Gasteiger charge is 2.21. The number of carbonyl (C=O) groups excluding carboxylic acids is 1. The molecule has 1 aliphatic carbocycles. The van der Waals surface area contributed by atoms with E-state index in [0.717, 1.165) is 6.54 Å². The Hall–Kier alpha value is -0.800. The highest BCUT2D eigenvalue weighted by Crippen LogP contribution is 2.28. The predicted molar refractivity (Wildman–Crippen MR) is 77.7 cm³/mol. The number of hydrogen-bond donors (Lipinski definition) is 1. The molecule has 104 valence electrons. The van der Waals surface area contributed by atoms with Gasteiger partial charge < -0.3 is 5.32 Å². The summed E-state index contributed by atoms with van der Waals surface area (Å²) in [4.78, 5) is 15.9. The van der Waals surface area contributed by atoms with Gasteiger partial charge in [0.25, 0.3) is 5.91 Å². The molecular weight excluding hydrogens is 283 g/mol. The van der Waals surface area contributed by atoms with Gasteiger partial charge in [0.2, 0.25) is 0 Å². The van der Waals surface area contributed by atoms with Crippen molar-refractivity contribution in [1.82, 2.24) is 10.3 Å². The van der Waals surface area contributed by atoms with Gasteiger partial charge in [0.1, 0.15) is 10.3 Å². The maximum Gasteiger partial charge on any atom is 0.251 e. The van der Waals surface area contributed by atoms with Crippen molar-refractivity contribution in [3.05, 3.63) is 28.0 Å². The van der Waals surface area contributed by atoms with Crippen LogP contribution in [-0.4, -0.2) is 17.4 Å². The Balaban J connectivity index is 1.93. The SMILES string of the molecule is CC1CCCCC1CNC(=O)c1cc(Cl)nc(Cl)c1. The minimum absolute atomic E-state index is 0.135. The summed E-state index contributed by atoms with van der Waals surface area (Å²) in [6.07, 6.45) is 5.02. The monoisotopic (exact) mass is 300 g/mol. The van der Waals surface area contributed by atoms with Crippen LogP contribution in [0, 0.1) is 11.8 Å². The Morgan fingerprint density at radius 1 is 1.32 bits per heavy atom. The van der Waals surface area contributed by atoms with E-state index in [1.54, 1.807) is 0 Å². The number of nitrogens with one attached hydrogen (secondary N) is 1. The average Bonchev–Trinajstić information content (AvgIpc) is 2.36. The number of aromatic nitrogens is 1. The van der Waals surface area contributed by atoms with Gasteiger partial charge >= 0.3 is 0 Å². The molecule has 0 bridgehead atoms. The molecule has 1 aromatic rings. The molecule has 1 amide bonds. The molecular formula is C14H18Cl2N2O. The van der Waals surface area contributed by atoms with Crippen molar-refractivity contribution in [3.63, 3.8) is 0 Å². The van der Waals surface area contributed by atoms with Crippen molar-refractivity contribution in [2.75, 3.05) is 6.54 Å². The Morgan fingerprint density at radius 2 is 1.95 bits per heavy atom. The van der Waals surface area contributed by atoms with Gasteiger partial charge in [-0.3, -0.25) is 4.79 Å². The maximum atomic E-state index is 12.0. The molecule has 1 heterocycles. The summed E-state index contributed by atoms with van der Waals surface area (Å²) < 4.78 is 0. The van der Waals surface area contributed by atoms with E-state index < -0.39 is 0 Å². The van der Waals surface area contributed by atoms with Crippen LogP contribution in [0.4, 0.5) is 0 Å². The van der Waals surface area contributed by atoms with Crippen LogP contribution in [0.2, 0.25) is 10.3 Å². The minimum Gasteiger partial charge on any atom is -0.352 e. The van der Waals surface area contributed by atoms with Gasteiger partial charge in [-0.15, -0.1) is 0 Å². The topological polar surface area (TPSA) is 42.0 Å². The summed E-state index contributed by atoms with van der Waals surface area (Å²) in [6.45, 7) is 2.98. The Kier molecular flexibility index (Phi) is 5.06. The first-order valence-corrected chi connectivity index (χ1v) is 7.43. The van der Waals surface area contributed by atoms with Crippen LogP contribution in [0.3, 0.4) is 0 Å². The molecule has 2 atom stereocenters. The van der Waals surface area contributed by atoms with E-state index in [0.29, 0.717) is 17.4 Å². The lowest BCUT2D eigenvalue weighted by Gasteiger charge is -2.28. The van der Waals surface area contributed by atoms with E-state index in [4.69, 9.17) is 23.2 Å². The smallest absolute Gasteiger partial charge is 0.251 e. The van der Waals surface area contributed by atoms with E-state index in [1.807, 2.05) is 0 Å². The Labute approximate surface area is 123 Å². The van der Waals surface area contributed by atoms with E-state index in [-0.39, 0.29) is 16.2 Å². The normalized spacial score (nSPS) is 23.1. The van der Waals surface area contributed by atoms with Gasteiger partial charge in [0.05, 0.1) is 0 Å². The van der Waals surface area contributed by atoms with E-state index >= 15 is 0 Å². The van der Waals surface area contributed by atoms with Crippen molar-refractivity contribution < 1.29 is 4.79 Å². The highest BCUT2D eigenvalue weighted by molar-refractivity contribution is 6.33. The zero-order valence-electron chi connectivity index (χ0n) is 11.0. The summed E-state index contributed by atoms with van der Waals surface area (Å²) in [5, 5.41) is 3.45. The maximum absolute atomic E-state index is 12.0. The van der Waals surface area contributed by atoms with Crippen molar-refractivity contribution in [2.24, 2.45) is 11.8 Å². The molecule has 1 aliphatic rings. The van der Waals surface area contributed by atoms with Crippen molar-refractivity contribution in [3.8, 4) is 0 Å². The van der Waals surface area contributed by atoms with Gasteiger partial charge in [-0.2, -0.15) is 0 Å². The first-order chi connectivity index (χ1) is 9.06. The molecule has 0 saturated heterocycles. The molecule has 1 aromatic heterocycles. The second-order valence-electron chi connectivity index (χ2n) is 5.23. The standard InChI is InChI=1S/C14H18Cl2N2O/c1-9-4-2-3-5-10(9)8-17-14(19)11-6-12(15)18-13(16)7-11/h6-7,9-10H,2-5,8H2,1H3,(H,17,19). The lowest BCUT2D eigenvalue weighted by molar-refractivity contribution is 0.0936. The number of rotatable bonds is 3. The Morgan fingerprint density at radius 3 is 2.58 bits per heavy atom. The van der Waals surface area contributed by atoms with Gasteiger partial charge in [0.15, 0.2) is 0 Å². The van der Waals surface area contributed by atoms with Gasteiger partial charge in [-0.05, 0) is 30.4 Å². The molecule has 0 aliphatic heterocycles. The zero-order chi connectivity index (χ0) is 13.8. The van der Waals surface area contributed by atoms with Gasteiger partial charge in [-0.1, -0.05) is 49.4 Å². The second-order valence-corrected chi connectivity index (χ2v) is 6.01. The van der Waals surface area contributed by atoms with Crippen LogP contribution in [0.15, 0.2) is 12.1 Å². The van der Waals surface area contributed by atoms with Crippen molar-refractivity contribution in [2.45, 2.75) is 32.6 Å². The number of amides is 1. The fourth-order valence-electron chi connectivity index (χ4n) is 2.62.